The van der Waals surface area contributed by atoms with Crippen LogP contribution in [0.2, 0.25) is 0 Å². The number of nitrogens with zero attached hydrogens (tertiary/aromatic N) is 4. The summed E-state index contributed by atoms with van der Waals surface area (Å²) < 4.78 is 2.92. The minimum Gasteiger partial charge on any atom is -0.324 e. The molecular formula is C14H23N5O3. The fourth-order valence-corrected chi connectivity index (χ4v) is 2.37. The Labute approximate surface area is 129 Å². The first-order valence-electron chi connectivity index (χ1n) is 7.33. The Morgan fingerprint density at radius 2 is 1.82 bits per heavy atom. The fourth-order valence-electron chi connectivity index (χ4n) is 2.37. The van der Waals surface area contributed by atoms with Crippen molar-refractivity contribution in [1.82, 2.24) is 24.6 Å². The SMILES string of the molecule is CC1(C)NC(=O)N(CCCn2cnn(C(C)(C)C)c2=O)C1=O. The summed E-state index contributed by atoms with van der Waals surface area (Å²) in [5, 5.41) is 6.73. The van der Waals surface area contributed by atoms with Gasteiger partial charge in [0, 0.05) is 13.1 Å². The number of imide groups is 1. The number of urea groups is 1. The van der Waals surface area contributed by atoms with Crippen molar-refractivity contribution in [2.24, 2.45) is 0 Å². The van der Waals surface area contributed by atoms with Crippen molar-refractivity contribution in [3.8, 4) is 0 Å². The number of amides is 3. The smallest absolute Gasteiger partial charge is 0.324 e. The molecule has 0 unspecified atom stereocenters. The van der Waals surface area contributed by atoms with Crippen LogP contribution in [0.4, 0.5) is 4.79 Å². The molecule has 0 bridgehead atoms. The van der Waals surface area contributed by atoms with Crippen molar-refractivity contribution in [2.45, 2.75) is 58.7 Å². The van der Waals surface area contributed by atoms with E-state index >= 15 is 0 Å². The number of nitrogens with one attached hydrogen (secondary N) is 1. The van der Waals surface area contributed by atoms with Gasteiger partial charge in [-0.1, -0.05) is 0 Å². The molecule has 1 fully saturated rings. The van der Waals surface area contributed by atoms with E-state index < -0.39 is 5.54 Å². The molecule has 1 aromatic rings. The van der Waals surface area contributed by atoms with Crippen molar-refractivity contribution >= 4 is 11.9 Å². The summed E-state index contributed by atoms with van der Waals surface area (Å²) in [4.78, 5) is 37.2. The van der Waals surface area contributed by atoms with Crippen molar-refractivity contribution in [2.75, 3.05) is 6.54 Å². The van der Waals surface area contributed by atoms with Gasteiger partial charge in [-0.3, -0.25) is 14.3 Å². The maximum Gasteiger partial charge on any atom is 0.346 e. The molecule has 1 aliphatic heterocycles. The van der Waals surface area contributed by atoms with Gasteiger partial charge in [0.15, 0.2) is 0 Å². The highest BCUT2D eigenvalue weighted by molar-refractivity contribution is 6.06. The van der Waals surface area contributed by atoms with Gasteiger partial charge in [0.1, 0.15) is 11.9 Å². The van der Waals surface area contributed by atoms with Gasteiger partial charge >= 0.3 is 11.7 Å². The van der Waals surface area contributed by atoms with E-state index in [0.29, 0.717) is 13.0 Å². The van der Waals surface area contributed by atoms with Crippen LogP contribution in [0.25, 0.3) is 0 Å². The summed E-state index contributed by atoms with van der Waals surface area (Å²) in [5.41, 5.74) is -1.42. The molecule has 3 amide bonds. The molecule has 8 nitrogen and oxygen atoms in total. The van der Waals surface area contributed by atoms with Crippen LogP contribution in [0, 0.1) is 0 Å². The number of hydrogen-bond acceptors (Lipinski definition) is 4. The predicted octanol–water partition coefficient (Wildman–Crippen LogP) is 0.520. The monoisotopic (exact) mass is 309 g/mol. The van der Waals surface area contributed by atoms with E-state index in [4.69, 9.17) is 0 Å². The highest BCUT2D eigenvalue weighted by atomic mass is 16.2. The zero-order valence-electron chi connectivity index (χ0n) is 13.7. The summed E-state index contributed by atoms with van der Waals surface area (Å²) in [5.74, 6) is -0.241. The number of rotatable bonds is 4. The molecule has 1 aromatic heterocycles. The topological polar surface area (TPSA) is 89.2 Å². The van der Waals surface area contributed by atoms with Gasteiger partial charge in [-0.15, -0.1) is 0 Å². The number of aryl methyl sites for hydroxylation is 1. The van der Waals surface area contributed by atoms with Gasteiger partial charge < -0.3 is 5.32 Å². The summed E-state index contributed by atoms with van der Waals surface area (Å²) in [6.45, 7) is 9.74. The highest BCUT2D eigenvalue weighted by Crippen LogP contribution is 2.16. The van der Waals surface area contributed by atoms with Crippen LogP contribution < -0.4 is 11.0 Å². The third-order valence-electron chi connectivity index (χ3n) is 3.59. The predicted molar refractivity (Wildman–Crippen MR) is 80.4 cm³/mol. The molecular weight excluding hydrogens is 286 g/mol. The van der Waals surface area contributed by atoms with E-state index in [0.717, 1.165) is 0 Å². The second-order valence-corrected chi connectivity index (χ2v) is 7.06. The largest absolute Gasteiger partial charge is 0.346 e. The van der Waals surface area contributed by atoms with Gasteiger partial charge in [-0.2, -0.15) is 5.10 Å². The average Bonchev–Trinajstić information content (AvgIpc) is 2.82. The lowest BCUT2D eigenvalue weighted by molar-refractivity contribution is -0.130. The van der Waals surface area contributed by atoms with Crippen LogP contribution in [0.15, 0.2) is 11.1 Å². The molecule has 0 saturated carbocycles. The molecule has 2 rings (SSSR count). The lowest BCUT2D eigenvalue weighted by Gasteiger charge is -2.17. The molecule has 22 heavy (non-hydrogen) atoms. The second-order valence-electron chi connectivity index (χ2n) is 7.06. The van der Waals surface area contributed by atoms with E-state index in [9.17, 15) is 14.4 Å². The van der Waals surface area contributed by atoms with Gasteiger partial charge in [-0.25, -0.2) is 14.3 Å². The molecule has 1 saturated heterocycles. The number of aromatic nitrogens is 3. The van der Waals surface area contributed by atoms with Crippen LogP contribution in [-0.4, -0.2) is 43.3 Å². The quantitative estimate of drug-likeness (QED) is 0.821. The molecule has 1 N–H and O–H groups in total. The molecule has 0 radical (unpaired) electrons. The molecule has 0 spiro atoms. The molecule has 122 valence electrons. The van der Waals surface area contributed by atoms with E-state index in [1.807, 2.05) is 20.8 Å². The Hall–Kier alpha value is -2.12. The summed E-state index contributed by atoms with van der Waals surface area (Å²) in [6.07, 6.45) is 1.99. The highest BCUT2D eigenvalue weighted by Gasteiger charge is 2.43. The van der Waals surface area contributed by atoms with Crippen molar-refractivity contribution in [1.29, 1.82) is 0 Å². The summed E-state index contributed by atoms with van der Waals surface area (Å²) in [6, 6.07) is -0.382. The molecule has 2 heterocycles. The first-order chi connectivity index (χ1) is 10.0. The lowest BCUT2D eigenvalue weighted by Crippen LogP contribution is -2.40. The summed E-state index contributed by atoms with van der Waals surface area (Å²) >= 11 is 0. The normalized spacial score (nSPS) is 18.0. The average molecular weight is 309 g/mol. The van der Waals surface area contributed by atoms with E-state index in [1.165, 1.54) is 20.5 Å². The second kappa shape index (κ2) is 5.26. The number of hydrogen-bond donors (Lipinski definition) is 1. The van der Waals surface area contributed by atoms with Gasteiger partial charge in [0.05, 0.1) is 5.54 Å². The fraction of sp³-hybridized carbons (Fsp3) is 0.714. The molecule has 0 aromatic carbocycles. The Balaban J connectivity index is 1.98. The zero-order chi connectivity index (χ0) is 16.7. The van der Waals surface area contributed by atoms with Crippen LogP contribution in [0.1, 0.15) is 41.0 Å². The first-order valence-corrected chi connectivity index (χ1v) is 7.33. The van der Waals surface area contributed by atoms with Crippen LogP contribution in [0.5, 0.6) is 0 Å². The third kappa shape index (κ3) is 2.90. The van der Waals surface area contributed by atoms with E-state index in [2.05, 4.69) is 10.4 Å². The van der Waals surface area contributed by atoms with Crippen molar-refractivity contribution in [3.63, 3.8) is 0 Å². The van der Waals surface area contributed by atoms with Crippen LogP contribution >= 0.6 is 0 Å². The molecule has 1 aliphatic rings. The minimum atomic E-state index is -0.856. The standard InChI is InChI=1S/C14H23N5O3/c1-13(2,3)19-12(22)17(9-15-19)7-6-8-18-10(20)14(4,5)16-11(18)21/h9H,6-8H2,1-5H3,(H,16,21). The van der Waals surface area contributed by atoms with Crippen LogP contribution in [-0.2, 0) is 16.9 Å². The maximum atomic E-state index is 12.2. The Bertz CT molecular complexity index is 650. The molecule has 0 aliphatic carbocycles. The number of carbonyl (C=O) groups is 2. The van der Waals surface area contributed by atoms with Gasteiger partial charge in [-0.05, 0) is 41.0 Å². The first kappa shape index (κ1) is 16.3. The Morgan fingerprint density at radius 3 is 2.27 bits per heavy atom. The Morgan fingerprint density at radius 1 is 1.18 bits per heavy atom. The lowest BCUT2D eigenvalue weighted by atomic mass is 10.1. The van der Waals surface area contributed by atoms with E-state index in [-0.39, 0.29) is 29.7 Å². The van der Waals surface area contributed by atoms with Gasteiger partial charge in [0.25, 0.3) is 5.91 Å². The zero-order valence-corrected chi connectivity index (χ0v) is 13.7. The summed E-state index contributed by atoms with van der Waals surface area (Å²) in [7, 11) is 0. The maximum absolute atomic E-state index is 12.2. The minimum absolute atomic E-state index is 0.190. The van der Waals surface area contributed by atoms with E-state index in [1.54, 1.807) is 13.8 Å². The van der Waals surface area contributed by atoms with Gasteiger partial charge in [0.2, 0.25) is 0 Å². The molecule has 0 atom stereocenters. The molecule has 8 heteroatoms. The number of carbonyl (C=O) groups excluding carboxylic acids is 2. The van der Waals surface area contributed by atoms with Crippen LogP contribution in [0.3, 0.4) is 0 Å². The van der Waals surface area contributed by atoms with Crippen molar-refractivity contribution in [3.05, 3.63) is 16.8 Å². The third-order valence-corrected chi connectivity index (χ3v) is 3.59. The Kier molecular flexibility index (Phi) is 3.88. The van der Waals surface area contributed by atoms with Crippen molar-refractivity contribution < 1.29 is 9.59 Å².